The molecular weight excluding hydrogens is 260 g/mol. The summed E-state index contributed by atoms with van der Waals surface area (Å²) in [7, 11) is 0. The predicted molar refractivity (Wildman–Crippen MR) is 73.0 cm³/mol. The molecule has 0 aliphatic heterocycles. The molecule has 0 amide bonds. The summed E-state index contributed by atoms with van der Waals surface area (Å²) in [5, 5.41) is 0.507. The molecule has 0 saturated heterocycles. The van der Waals surface area contributed by atoms with Gasteiger partial charge in [-0.2, -0.15) is 0 Å². The first kappa shape index (κ1) is 14.0. The predicted octanol–water partition coefficient (Wildman–Crippen LogP) is 2.56. The number of benzene rings is 1. The summed E-state index contributed by atoms with van der Waals surface area (Å²) >= 11 is 0. The van der Waals surface area contributed by atoms with E-state index < -0.39 is 11.6 Å². The third-order valence-electron chi connectivity index (χ3n) is 2.69. The highest BCUT2D eigenvalue weighted by Crippen LogP contribution is 2.17. The van der Waals surface area contributed by atoms with Crippen molar-refractivity contribution in [3.8, 4) is 0 Å². The van der Waals surface area contributed by atoms with E-state index in [0.717, 1.165) is 0 Å². The summed E-state index contributed by atoms with van der Waals surface area (Å²) in [6.45, 7) is 4.80. The van der Waals surface area contributed by atoms with Gasteiger partial charge >= 0.3 is 11.6 Å². The van der Waals surface area contributed by atoms with Gasteiger partial charge in [-0.15, -0.1) is 0 Å². The second kappa shape index (κ2) is 5.28. The zero-order chi connectivity index (χ0) is 14.9. The molecule has 0 radical (unpaired) electrons. The van der Waals surface area contributed by atoms with Crippen LogP contribution in [0.3, 0.4) is 0 Å². The molecule has 0 fully saturated rings. The van der Waals surface area contributed by atoms with E-state index in [1.165, 1.54) is 31.2 Å². The first-order valence-corrected chi connectivity index (χ1v) is 6.18. The Morgan fingerprint density at radius 1 is 1.20 bits per heavy atom. The maximum atomic E-state index is 11.8. The van der Waals surface area contributed by atoms with Crippen molar-refractivity contribution in [2.75, 3.05) is 0 Å². The molecule has 0 unspecified atom stereocenters. The van der Waals surface area contributed by atoms with Gasteiger partial charge in [0.15, 0.2) is 5.78 Å². The van der Waals surface area contributed by atoms with Crippen LogP contribution in [0.15, 0.2) is 33.5 Å². The Morgan fingerprint density at radius 2 is 1.90 bits per heavy atom. The molecule has 0 aliphatic rings. The number of esters is 1. The fourth-order valence-electron chi connectivity index (χ4n) is 1.78. The van der Waals surface area contributed by atoms with Crippen LogP contribution in [0.1, 0.15) is 41.5 Å². The average Bonchev–Trinajstić information content (AvgIpc) is 2.36. The van der Waals surface area contributed by atoms with Gasteiger partial charge in [0.25, 0.3) is 0 Å². The molecule has 5 nitrogen and oxygen atoms in total. The highest BCUT2D eigenvalue weighted by Gasteiger charge is 2.13. The van der Waals surface area contributed by atoms with Crippen molar-refractivity contribution in [2.45, 2.75) is 26.9 Å². The molecule has 1 aromatic carbocycles. The average molecular weight is 274 g/mol. The number of hydrogen-bond acceptors (Lipinski definition) is 5. The first-order chi connectivity index (χ1) is 9.38. The van der Waals surface area contributed by atoms with Crippen LogP contribution in [-0.4, -0.2) is 17.9 Å². The Labute approximate surface area is 115 Å². The van der Waals surface area contributed by atoms with Gasteiger partial charge < -0.3 is 9.15 Å². The van der Waals surface area contributed by atoms with Crippen molar-refractivity contribution in [1.82, 2.24) is 0 Å². The zero-order valence-corrected chi connectivity index (χ0v) is 11.4. The molecule has 1 aromatic heterocycles. The van der Waals surface area contributed by atoms with Crippen LogP contribution in [0.25, 0.3) is 11.0 Å². The molecule has 0 N–H and O–H groups in total. The van der Waals surface area contributed by atoms with Crippen molar-refractivity contribution in [3.63, 3.8) is 0 Å². The molecule has 0 spiro atoms. The molecule has 104 valence electrons. The molecule has 0 aliphatic carbocycles. The Balaban J connectivity index is 2.53. The SMILES string of the molecule is CC(=O)c1cc2cc(C(=O)OC(C)C)ccc2oc1=O. The monoisotopic (exact) mass is 274 g/mol. The van der Waals surface area contributed by atoms with E-state index in [0.29, 0.717) is 16.5 Å². The number of Topliss-reactive ketones (excluding diaryl/α,β-unsaturated/α-hetero) is 1. The summed E-state index contributed by atoms with van der Waals surface area (Å²) < 4.78 is 10.1. The molecule has 1 heterocycles. The van der Waals surface area contributed by atoms with E-state index in [1.54, 1.807) is 13.8 Å². The molecule has 0 saturated carbocycles. The number of carbonyl (C=O) groups is 2. The summed E-state index contributed by atoms with van der Waals surface area (Å²) in [5.74, 6) is -0.840. The quantitative estimate of drug-likeness (QED) is 0.488. The standard InChI is InChI=1S/C15H14O5/c1-8(2)19-14(17)10-4-5-13-11(6-10)7-12(9(3)16)15(18)20-13/h4-8H,1-3H3. The van der Waals surface area contributed by atoms with Crippen LogP contribution < -0.4 is 5.63 Å². The van der Waals surface area contributed by atoms with E-state index in [1.807, 2.05) is 0 Å². The maximum Gasteiger partial charge on any atom is 0.347 e. The minimum absolute atomic E-state index is 0.0353. The lowest BCUT2D eigenvalue weighted by molar-refractivity contribution is 0.0378. The molecule has 20 heavy (non-hydrogen) atoms. The van der Waals surface area contributed by atoms with Crippen molar-refractivity contribution < 1.29 is 18.7 Å². The van der Waals surface area contributed by atoms with Crippen LogP contribution in [0, 0.1) is 0 Å². The second-order valence-electron chi connectivity index (χ2n) is 4.71. The lowest BCUT2D eigenvalue weighted by Crippen LogP contribution is -2.13. The molecule has 2 rings (SSSR count). The van der Waals surface area contributed by atoms with Gasteiger partial charge in [-0.3, -0.25) is 4.79 Å². The fraction of sp³-hybridized carbons (Fsp3) is 0.267. The van der Waals surface area contributed by atoms with Crippen LogP contribution in [-0.2, 0) is 4.74 Å². The Bertz CT molecular complexity index is 740. The van der Waals surface area contributed by atoms with Gasteiger partial charge in [-0.05, 0) is 45.0 Å². The number of rotatable bonds is 3. The maximum absolute atomic E-state index is 11.8. The van der Waals surface area contributed by atoms with Gasteiger partial charge in [0.2, 0.25) is 0 Å². The van der Waals surface area contributed by atoms with Gasteiger partial charge in [-0.25, -0.2) is 9.59 Å². The van der Waals surface area contributed by atoms with Gasteiger partial charge in [0, 0.05) is 5.39 Å². The number of carbonyl (C=O) groups excluding carboxylic acids is 2. The molecular formula is C15H14O5. The number of fused-ring (bicyclic) bond motifs is 1. The van der Waals surface area contributed by atoms with E-state index >= 15 is 0 Å². The smallest absolute Gasteiger partial charge is 0.347 e. The minimum Gasteiger partial charge on any atom is -0.459 e. The third kappa shape index (κ3) is 2.77. The summed E-state index contributed by atoms with van der Waals surface area (Å²) in [6, 6.07) is 5.99. The van der Waals surface area contributed by atoms with E-state index in [2.05, 4.69) is 0 Å². The topological polar surface area (TPSA) is 73.6 Å². The summed E-state index contributed by atoms with van der Waals surface area (Å²) in [4.78, 5) is 34.7. The van der Waals surface area contributed by atoms with Crippen LogP contribution >= 0.6 is 0 Å². The highest BCUT2D eigenvalue weighted by atomic mass is 16.5. The third-order valence-corrected chi connectivity index (χ3v) is 2.69. The fourth-order valence-corrected chi connectivity index (χ4v) is 1.78. The normalized spacial score (nSPS) is 10.8. The van der Waals surface area contributed by atoms with Crippen molar-refractivity contribution in [3.05, 3.63) is 45.8 Å². The molecule has 5 heteroatoms. The van der Waals surface area contributed by atoms with Gasteiger partial charge in [0.1, 0.15) is 11.1 Å². The molecule has 2 aromatic rings. The Kier molecular flexibility index (Phi) is 3.70. The Hall–Kier alpha value is -2.43. The van der Waals surface area contributed by atoms with Crippen LogP contribution in [0.5, 0.6) is 0 Å². The van der Waals surface area contributed by atoms with E-state index in [9.17, 15) is 14.4 Å². The van der Waals surface area contributed by atoms with Crippen molar-refractivity contribution in [2.24, 2.45) is 0 Å². The minimum atomic E-state index is -0.678. The zero-order valence-electron chi connectivity index (χ0n) is 11.4. The van der Waals surface area contributed by atoms with Crippen LogP contribution in [0.4, 0.5) is 0 Å². The van der Waals surface area contributed by atoms with Gasteiger partial charge in [-0.1, -0.05) is 0 Å². The molecule has 0 atom stereocenters. The largest absolute Gasteiger partial charge is 0.459 e. The number of ether oxygens (including phenoxy) is 1. The Morgan fingerprint density at radius 3 is 2.50 bits per heavy atom. The van der Waals surface area contributed by atoms with E-state index in [4.69, 9.17) is 9.15 Å². The van der Waals surface area contributed by atoms with Crippen molar-refractivity contribution >= 4 is 22.7 Å². The van der Waals surface area contributed by atoms with Crippen molar-refractivity contribution in [1.29, 1.82) is 0 Å². The number of ketones is 1. The second-order valence-corrected chi connectivity index (χ2v) is 4.71. The highest BCUT2D eigenvalue weighted by molar-refractivity contribution is 5.98. The van der Waals surface area contributed by atoms with Gasteiger partial charge in [0.05, 0.1) is 11.7 Å². The van der Waals surface area contributed by atoms with E-state index in [-0.39, 0.29) is 17.5 Å². The first-order valence-electron chi connectivity index (χ1n) is 6.18. The lowest BCUT2D eigenvalue weighted by Gasteiger charge is -2.08. The lowest BCUT2D eigenvalue weighted by atomic mass is 10.1. The summed E-state index contributed by atoms with van der Waals surface area (Å²) in [5.41, 5.74) is -0.0509. The van der Waals surface area contributed by atoms with Crippen LogP contribution in [0.2, 0.25) is 0 Å². The molecule has 0 bridgehead atoms. The summed E-state index contributed by atoms with van der Waals surface area (Å²) in [6.07, 6.45) is -0.223. The number of hydrogen-bond donors (Lipinski definition) is 0.